The van der Waals surface area contributed by atoms with Crippen molar-refractivity contribution < 1.29 is 0 Å². The normalized spacial score (nSPS) is 17.7. The highest BCUT2D eigenvalue weighted by atomic mass is 15.3. The van der Waals surface area contributed by atoms with Crippen molar-refractivity contribution in [1.29, 1.82) is 0 Å². The van der Waals surface area contributed by atoms with Crippen molar-refractivity contribution >= 4 is 5.69 Å². The molecule has 2 aromatic rings. The fraction of sp³-hybridized carbons (Fsp3) is 0.588. The molecule has 0 saturated carbocycles. The van der Waals surface area contributed by atoms with E-state index in [9.17, 15) is 0 Å². The molecule has 0 bridgehead atoms. The molecule has 0 N–H and O–H groups in total. The zero-order valence-corrected chi connectivity index (χ0v) is 14.3. The van der Waals surface area contributed by atoms with Gasteiger partial charge in [-0.15, -0.1) is 10.2 Å². The molecule has 0 amide bonds. The molecule has 0 aliphatic carbocycles. The third-order valence-electron chi connectivity index (χ3n) is 4.97. The molecule has 1 aliphatic heterocycles. The minimum atomic E-state index is 0.292. The van der Waals surface area contributed by atoms with Crippen LogP contribution in [0.3, 0.4) is 0 Å². The van der Waals surface area contributed by atoms with Crippen LogP contribution in [0.4, 0.5) is 5.69 Å². The summed E-state index contributed by atoms with van der Waals surface area (Å²) in [4.78, 5) is 8.96. The van der Waals surface area contributed by atoms with E-state index < -0.39 is 0 Å². The van der Waals surface area contributed by atoms with Gasteiger partial charge in [-0.2, -0.15) is 0 Å². The van der Waals surface area contributed by atoms with Gasteiger partial charge in [0.15, 0.2) is 0 Å². The maximum absolute atomic E-state index is 4.24. The quantitative estimate of drug-likeness (QED) is 0.846. The van der Waals surface area contributed by atoms with E-state index in [1.807, 2.05) is 24.0 Å². The van der Waals surface area contributed by atoms with Gasteiger partial charge < -0.3 is 9.47 Å². The van der Waals surface area contributed by atoms with Crippen molar-refractivity contribution in [2.24, 2.45) is 13.0 Å². The number of hydrogen-bond donors (Lipinski definition) is 0. The largest absolute Gasteiger partial charge is 0.371 e. The van der Waals surface area contributed by atoms with Gasteiger partial charge in [-0.3, -0.25) is 9.88 Å². The summed E-state index contributed by atoms with van der Waals surface area (Å²) in [5, 5.41) is 8.23. The number of anilines is 1. The standard InChI is InChI=1S/C17H26N6/c1-14(17-20-19-13-22(17)3)21(2)12-15-6-10-23(11-7-15)16-4-8-18-9-5-16/h4-5,8-9,13-15H,6-7,10-12H2,1-3H3. The molecule has 1 aliphatic rings. The molecule has 0 aromatic carbocycles. The average molecular weight is 314 g/mol. The Morgan fingerprint density at radius 2 is 1.96 bits per heavy atom. The molecule has 124 valence electrons. The maximum Gasteiger partial charge on any atom is 0.149 e. The molecule has 0 radical (unpaired) electrons. The fourth-order valence-electron chi connectivity index (χ4n) is 3.36. The van der Waals surface area contributed by atoms with E-state index in [1.165, 1.54) is 18.5 Å². The van der Waals surface area contributed by atoms with E-state index in [1.54, 1.807) is 6.33 Å². The van der Waals surface area contributed by atoms with Gasteiger partial charge in [-0.05, 0) is 44.9 Å². The van der Waals surface area contributed by atoms with Gasteiger partial charge in [0.25, 0.3) is 0 Å². The number of rotatable bonds is 5. The molecule has 0 spiro atoms. The van der Waals surface area contributed by atoms with E-state index in [-0.39, 0.29) is 0 Å². The number of nitrogens with zero attached hydrogens (tertiary/aromatic N) is 6. The highest BCUT2D eigenvalue weighted by Gasteiger charge is 2.24. The Kier molecular flexibility index (Phi) is 4.91. The van der Waals surface area contributed by atoms with Crippen molar-refractivity contribution in [3.63, 3.8) is 0 Å². The first-order valence-corrected chi connectivity index (χ1v) is 8.34. The van der Waals surface area contributed by atoms with Gasteiger partial charge >= 0.3 is 0 Å². The Labute approximate surface area is 138 Å². The Morgan fingerprint density at radius 1 is 1.26 bits per heavy atom. The summed E-state index contributed by atoms with van der Waals surface area (Å²) < 4.78 is 2.01. The SMILES string of the molecule is CC(c1nncn1C)N(C)CC1CCN(c2ccncc2)CC1. The highest BCUT2D eigenvalue weighted by molar-refractivity contribution is 5.44. The first-order chi connectivity index (χ1) is 11.1. The average Bonchev–Trinajstić information content (AvgIpc) is 3.01. The lowest BCUT2D eigenvalue weighted by Gasteiger charge is -2.36. The molecular weight excluding hydrogens is 288 g/mol. The van der Waals surface area contributed by atoms with Gasteiger partial charge in [0.1, 0.15) is 12.2 Å². The van der Waals surface area contributed by atoms with Gasteiger partial charge in [0.05, 0.1) is 6.04 Å². The monoisotopic (exact) mass is 314 g/mol. The molecule has 3 rings (SSSR count). The van der Waals surface area contributed by atoms with Crippen molar-refractivity contribution in [2.75, 3.05) is 31.6 Å². The molecule has 6 heteroatoms. The summed E-state index contributed by atoms with van der Waals surface area (Å²) in [6.45, 7) is 5.57. The van der Waals surface area contributed by atoms with Crippen LogP contribution in [0.5, 0.6) is 0 Å². The van der Waals surface area contributed by atoms with Crippen molar-refractivity contribution in [3.05, 3.63) is 36.7 Å². The van der Waals surface area contributed by atoms with Crippen LogP contribution < -0.4 is 4.90 Å². The third-order valence-corrected chi connectivity index (χ3v) is 4.97. The second-order valence-corrected chi connectivity index (χ2v) is 6.55. The first-order valence-electron chi connectivity index (χ1n) is 8.34. The van der Waals surface area contributed by atoms with Crippen LogP contribution >= 0.6 is 0 Å². The minimum Gasteiger partial charge on any atom is -0.371 e. The molecule has 2 aromatic heterocycles. The van der Waals surface area contributed by atoms with E-state index >= 15 is 0 Å². The van der Waals surface area contributed by atoms with Crippen LogP contribution in [0.25, 0.3) is 0 Å². The Bertz CT molecular complexity index is 603. The summed E-state index contributed by atoms with van der Waals surface area (Å²) in [5.74, 6) is 1.77. The fourth-order valence-corrected chi connectivity index (χ4v) is 3.36. The molecule has 1 saturated heterocycles. The van der Waals surface area contributed by atoms with Crippen molar-refractivity contribution in [3.8, 4) is 0 Å². The molecular formula is C17H26N6. The first kappa shape index (κ1) is 15.9. The van der Waals surface area contributed by atoms with E-state index in [0.29, 0.717) is 6.04 Å². The molecule has 1 fully saturated rings. The Hall–Kier alpha value is -1.95. The Balaban J connectivity index is 1.51. The summed E-state index contributed by atoms with van der Waals surface area (Å²) in [6.07, 6.45) is 7.98. The van der Waals surface area contributed by atoms with Crippen molar-refractivity contribution in [2.45, 2.75) is 25.8 Å². The number of hydrogen-bond acceptors (Lipinski definition) is 5. The number of pyridine rings is 1. The summed E-state index contributed by atoms with van der Waals surface area (Å²) >= 11 is 0. The second-order valence-electron chi connectivity index (χ2n) is 6.55. The lowest BCUT2D eigenvalue weighted by Crippen LogP contribution is -2.38. The van der Waals surface area contributed by atoms with Gasteiger partial charge in [0, 0.05) is 44.8 Å². The second kappa shape index (κ2) is 7.08. The van der Waals surface area contributed by atoms with Crippen LogP contribution in [0.1, 0.15) is 31.6 Å². The zero-order chi connectivity index (χ0) is 16.2. The molecule has 1 unspecified atom stereocenters. The van der Waals surface area contributed by atoms with Crippen LogP contribution in [0.15, 0.2) is 30.9 Å². The van der Waals surface area contributed by atoms with Gasteiger partial charge in [0.2, 0.25) is 0 Å². The smallest absolute Gasteiger partial charge is 0.149 e. The predicted octanol–water partition coefficient (Wildman–Crippen LogP) is 2.12. The molecule has 3 heterocycles. The molecule has 23 heavy (non-hydrogen) atoms. The topological polar surface area (TPSA) is 50.1 Å². The lowest BCUT2D eigenvalue weighted by molar-refractivity contribution is 0.193. The van der Waals surface area contributed by atoms with Gasteiger partial charge in [-0.25, -0.2) is 0 Å². The number of piperidine rings is 1. The Morgan fingerprint density at radius 3 is 2.57 bits per heavy atom. The van der Waals surface area contributed by atoms with E-state index in [4.69, 9.17) is 0 Å². The summed E-state index contributed by atoms with van der Waals surface area (Å²) in [6, 6.07) is 4.49. The van der Waals surface area contributed by atoms with Crippen LogP contribution in [-0.4, -0.2) is 51.3 Å². The molecule has 1 atom stereocenters. The number of aryl methyl sites for hydroxylation is 1. The minimum absolute atomic E-state index is 0.292. The van der Waals surface area contributed by atoms with E-state index in [2.05, 4.69) is 51.1 Å². The zero-order valence-electron chi connectivity index (χ0n) is 14.3. The number of aromatic nitrogens is 4. The van der Waals surface area contributed by atoms with Crippen LogP contribution in [0.2, 0.25) is 0 Å². The molecule has 6 nitrogen and oxygen atoms in total. The summed E-state index contributed by atoms with van der Waals surface area (Å²) in [7, 11) is 4.20. The lowest BCUT2D eigenvalue weighted by atomic mass is 9.95. The third kappa shape index (κ3) is 3.69. The van der Waals surface area contributed by atoms with Crippen LogP contribution in [0, 0.1) is 5.92 Å². The predicted molar refractivity (Wildman–Crippen MR) is 91.2 cm³/mol. The maximum atomic E-state index is 4.24. The highest BCUT2D eigenvalue weighted by Crippen LogP contribution is 2.25. The van der Waals surface area contributed by atoms with Crippen molar-refractivity contribution in [1.82, 2.24) is 24.6 Å². The van der Waals surface area contributed by atoms with Gasteiger partial charge in [-0.1, -0.05) is 0 Å². The van der Waals surface area contributed by atoms with E-state index in [0.717, 1.165) is 31.4 Å². The summed E-state index contributed by atoms with van der Waals surface area (Å²) in [5.41, 5.74) is 1.29. The van der Waals surface area contributed by atoms with Crippen LogP contribution in [-0.2, 0) is 7.05 Å².